The van der Waals surface area contributed by atoms with Crippen LogP contribution in [0.25, 0.3) is 0 Å². The first-order valence-corrected chi connectivity index (χ1v) is 7.37. The number of nitrogens with one attached hydrogen (secondary N) is 2. The monoisotopic (exact) mass is 323 g/mol. The molecule has 1 unspecified atom stereocenters. The molecule has 1 aliphatic rings. The van der Waals surface area contributed by atoms with Gasteiger partial charge in [0, 0.05) is 19.2 Å². The quantitative estimate of drug-likeness (QED) is 0.654. The normalized spacial score (nSPS) is 18.3. The van der Waals surface area contributed by atoms with Gasteiger partial charge >= 0.3 is 6.09 Å². The van der Waals surface area contributed by atoms with Gasteiger partial charge in [-0.3, -0.25) is 15.4 Å². The minimum atomic E-state index is -0.732. The Labute approximate surface area is 134 Å². The number of ether oxygens (including phenoxy) is 2. The summed E-state index contributed by atoms with van der Waals surface area (Å²) < 4.78 is 10.7. The molecule has 126 valence electrons. The average Bonchev–Trinajstić information content (AvgIpc) is 2.46. The van der Waals surface area contributed by atoms with Crippen LogP contribution in [0.5, 0.6) is 0 Å². The first-order valence-electron chi connectivity index (χ1n) is 7.37. The largest absolute Gasteiger partial charge is 0.444 e. The van der Waals surface area contributed by atoms with Crippen LogP contribution in [0, 0.1) is 10.1 Å². The highest BCUT2D eigenvalue weighted by Crippen LogP contribution is 2.30. The van der Waals surface area contributed by atoms with Gasteiger partial charge < -0.3 is 14.8 Å². The van der Waals surface area contributed by atoms with E-state index >= 15 is 0 Å². The summed E-state index contributed by atoms with van der Waals surface area (Å²) in [4.78, 5) is 22.5. The predicted molar refractivity (Wildman–Crippen MR) is 84.5 cm³/mol. The Bertz CT molecular complexity index is 591. The summed E-state index contributed by atoms with van der Waals surface area (Å²) in [6, 6.07) is 4.62. The standard InChI is InChI=1S/C15H21N3O5/c1-15(2,3)23-14(19)17-11-5-4-10(8-12(11)18(20)21)13-9-16-6-7-22-13/h4-5,8,13,16H,6-7,9H2,1-3H3,(H,17,19). The van der Waals surface area contributed by atoms with Crippen molar-refractivity contribution in [1.82, 2.24) is 5.32 Å². The maximum absolute atomic E-state index is 11.8. The van der Waals surface area contributed by atoms with E-state index in [-0.39, 0.29) is 17.5 Å². The Kier molecular flexibility index (Phi) is 5.17. The summed E-state index contributed by atoms with van der Waals surface area (Å²) >= 11 is 0. The lowest BCUT2D eigenvalue weighted by Gasteiger charge is -2.24. The molecule has 23 heavy (non-hydrogen) atoms. The van der Waals surface area contributed by atoms with Gasteiger partial charge in [-0.2, -0.15) is 0 Å². The lowest BCUT2D eigenvalue weighted by Crippen LogP contribution is -2.33. The molecule has 1 aromatic rings. The number of amides is 1. The highest BCUT2D eigenvalue weighted by Gasteiger charge is 2.23. The average molecular weight is 323 g/mol. The van der Waals surface area contributed by atoms with Crippen molar-refractivity contribution in [3.8, 4) is 0 Å². The summed E-state index contributed by atoms with van der Waals surface area (Å²) in [6.45, 7) is 7.07. The fourth-order valence-corrected chi connectivity index (χ4v) is 2.20. The molecule has 0 saturated carbocycles. The Morgan fingerprint density at radius 3 is 2.78 bits per heavy atom. The van der Waals surface area contributed by atoms with Crippen molar-refractivity contribution in [1.29, 1.82) is 0 Å². The second kappa shape index (κ2) is 6.93. The lowest BCUT2D eigenvalue weighted by atomic mass is 10.1. The van der Waals surface area contributed by atoms with Crippen LogP contribution in [0.1, 0.15) is 32.4 Å². The molecular formula is C15H21N3O5. The zero-order valence-corrected chi connectivity index (χ0v) is 13.4. The van der Waals surface area contributed by atoms with Crippen molar-refractivity contribution in [2.45, 2.75) is 32.5 Å². The Morgan fingerprint density at radius 1 is 1.48 bits per heavy atom. The molecule has 1 aromatic carbocycles. The molecule has 2 rings (SSSR count). The van der Waals surface area contributed by atoms with Crippen molar-refractivity contribution in [2.75, 3.05) is 25.0 Å². The number of rotatable bonds is 3. The van der Waals surface area contributed by atoms with Gasteiger partial charge in [0.1, 0.15) is 11.3 Å². The van der Waals surface area contributed by atoms with Crippen LogP contribution in [-0.4, -0.2) is 36.3 Å². The number of nitrogens with zero attached hydrogens (tertiary/aromatic N) is 1. The summed E-state index contributed by atoms with van der Waals surface area (Å²) in [5.41, 5.74) is -0.0848. The van der Waals surface area contributed by atoms with Gasteiger partial charge in [-0.1, -0.05) is 6.07 Å². The maximum atomic E-state index is 11.8. The molecule has 1 fully saturated rings. The van der Waals surface area contributed by atoms with Crippen LogP contribution in [0.2, 0.25) is 0 Å². The molecule has 8 heteroatoms. The second-order valence-electron chi connectivity index (χ2n) is 6.22. The van der Waals surface area contributed by atoms with E-state index in [4.69, 9.17) is 9.47 Å². The fourth-order valence-electron chi connectivity index (χ4n) is 2.20. The van der Waals surface area contributed by atoms with Crippen LogP contribution in [0.3, 0.4) is 0 Å². The smallest absolute Gasteiger partial charge is 0.412 e. The molecule has 0 radical (unpaired) electrons. The molecule has 0 aliphatic carbocycles. The number of nitro groups is 1. The first kappa shape index (κ1) is 17.2. The minimum absolute atomic E-state index is 0.0942. The topological polar surface area (TPSA) is 103 Å². The van der Waals surface area contributed by atoms with Crippen LogP contribution in [0.4, 0.5) is 16.2 Å². The van der Waals surface area contributed by atoms with Crippen molar-refractivity contribution in [3.63, 3.8) is 0 Å². The molecule has 1 atom stereocenters. The van der Waals surface area contributed by atoms with Crippen molar-refractivity contribution in [2.24, 2.45) is 0 Å². The van der Waals surface area contributed by atoms with Crippen LogP contribution in [-0.2, 0) is 9.47 Å². The number of morpholine rings is 1. The maximum Gasteiger partial charge on any atom is 0.412 e. The van der Waals surface area contributed by atoms with Gasteiger partial charge in [-0.05, 0) is 32.4 Å². The zero-order chi connectivity index (χ0) is 17.0. The van der Waals surface area contributed by atoms with E-state index in [0.29, 0.717) is 18.7 Å². The minimum Gasteiger partial charge on any atom is -0.444 e. The summed E-state index contributed by atoms with van der Waals surface area (Å²) in [7, 11) is 0. The van der Waals surface area contributed by atoms with Crippen LogP contribution >= 0.6 is 0 Å². The van der Waals surface area contributed by atoms with E-state index in [1.807, 2.05) is 0 Å². The number of carbonyl (C=O) groups is 1. The summed E-state index contributed by atoms with van der Waals surface area (Å²) in [5, 5.41) is 16.9. The van der Waals surface area contributed by atoms with E-state index < -0.39 is 16.6 Å². The Hall–Kier alpha value is -2.19. The van der Waals surface area contributed by atoms with E-state index in [2.05, 4.69) is 10.6 Å². The molecule has 0 bridgehead atoms. The summed E-state index contributed by atoms with van der Waals surface area (Å²) in [5.74, 6) is 0. The number of carbonyl (C=O) groups excluding carboxylic acids is 1. The van der Waals surface area contributed by atoms with E-state index in [1.54, 1.807) is 26.8 Å². The number of benzene rings is 1. The van der Waals surface area contributed by atoms with Gasteiger partial charge in [0.05, 0.1) is 17.6 Å². The molecule has 1 aliphatic heterocycles. The lowest BCUT2D eigenvalue weighted by molar-refractivity contribution is -0.384. The van der Waals surface area contributed by atoms with Crippen molar-refractivity contribution in [3.05, 3.63) is 33.9 Å². The summed E-state index contributed by atoms with van der Waals surface area (Å²) in [6.07, 6.45) is -0.970. The SMILES string of the molecule is CC(C)(C)OC(=O)Nc1ccc(C2CNCCO2)cc1[N+](=O)[O-]. The molecule has 1 saturated heterocycles. The third kappa shape index (κ3) is 4.90. The van der Waals surface area contributed by atoms with Gasteiger partial charge in [-0.15, -0.1) is 0 Å². The highest BCUT2D eigenvalue weighted by molar-refractivity contribution is 5.88. The molecule has 8 nitrogen and oxygen atoms in total. The zero-order valence-electron chi connectivity index (χ0n) is 13.4. The fraction of sp³-hybridized carbons (Fsp3) is 0.533. The number of anilines is 1. The second-order valence-corrected chi connectivity index (χ2v) is 6.22. The third-order valence-corrected chi connectivity index (χ3v) is 3.15. The molecule has 0 aromatic heterocycles. The first-order chi connectivity index (χ1) is 10.8. The molecule has 1 heterocycles. The molecule has 1 amide bonds. The van der Waals surface area contributed by atoms with Gasteiger partial charge in [0.25, 0.3) is 5.69 Å². The van der Waals surface area contributed by atoms with Gasteiger partial charge in [-0.25, -0.2) is 4.79 Å². The Balaban J connectivity index is 2.19. The van der Waals surface area contributed by atoms with E-state index in [1.165, 1.54) is 12.1 Å². The van der Waals surface area contributed by atoms with Crippen molar-refractivity contribution >= 4 is 17.5 Å². The number of hydrogen-bond acceptors (Lipinski definition) is 6. The predicted octanol–water partition coefficient (Wildman–Crippen LogP) is 2.60. The van der Waals surface area contributed by atoms with Gasteiger partial charge in [0.2, 0.25) is 0 Å². The third-order valence-electron chi connectivity index (χ3n) is 3.15. The molecule has 0 spiro atoms. The van der Waals surface area contributed by atoms with E-state index in [0.717, 1.165) is 6.54 Å². The van der Waals surface area contributed by atoms with Crippen LogP contribution < -0.4 is 10.6 Å². The van der Waals surface area contributed by atoms with Gasteiger partial charge in [0.15, 0.2) is 0 Å². The number of nitro benzene ring substituents is 1. The van der Waals surface area contributed by atoms with Crippen LogP contribution in [0.15, 0.2) is 18.2 Å². The van der Waals surface area contributed by atoms with E-state index in [9.17, 15) is 14.9 Å². The highest BCUT2D eigenvalue weighted by atomic mass is 16.6. The number of hydrogen-bond donors (Lipinski definition) is 2. The molecular weight excluding hydrogens is 302 g/mol. The Morgan fingerprint density at radius 2 is 2.22 bits per heavy atom. The van der Waals surface area contributed by atoms with Crippen molar-refractivity contribution < 1.29 is 19.2 Å². The molecule has 2 N–H and O–H groups in total.